The quantitative estimate of drug-likeness (QED) is 0.538. The van der Waals surface area contributed by atoms with Crippen molar-refractivity contribution < 1.29 is 24.2 Å². The minimum Gasteiger partial charge on any atom is -0.480 e. The Morgan fingerprint density at radius 2 is 1.79 bits per heavy atom. The van der Waals surface area contributed by atoms with E-state index in [0.29, 0.717) is 11.4 Å². The summed E-state index contributed by atoms with van der Waals surface area (Å²) in [5, 5.41) is 12.2. The molecule has 34 heavy (non-hydrogen) atoms. The molecule has 0 bridgehead atoms. The van der Waals surface area contributed by atoms with E-state index in [4.69, 9.17) is 4.74 Å². The van der Waals surface area contributed by atoms with Crippen molar-refractivity contribution in [3.63, 3.8) is 0 Å². The maximum Gasteiger partial charge on any atom is 0.407 e. The summed E-state index contributed by atoms with van der Waals surface area (Å²) in [7, 11) is 0. The van der Waals surface area contributed by atoms with Gasteiger partial charge in [-0.3, -0.25) is 4.79 Å². The zero-order chi connectivity index (χ0) is 23.8. The van der Waals surface area contributed by atoms with Gasteiger partial charge in [-0.25, -0.2) is 14.6 Å². The van der Waals surface area contributed by atoms with Crippen LogP contribution >= 0.6 is 0 Å². The van der Waals surface area contributed by atoms with Crippen LogP contribution in [0.4, 0.5) is 4.79 Å². The third kappa shape index (κ3) is 3.79. The maximum absolute atomic E-state index is 13.0. The van der Waals surface area contributed by atoms with Crippen molar-refractivity contribution in [2.24, 2.45) is 0 Å². The Balaban J connectivity index is 1.24. The Hall–Kier alpha value is -4.14. The van der Waals surface area contributed by atoms with Crippen LogP contribution in [0, 0.1) is 0 Å². The van der Waals surface area contributed by atoms with Crippen molar-refractivity contribution in [2.45, 2.75) is 37.9 Å². The molecular weight excluding hydrogens is 436 g/mol. The molecule has 0 fully saturated rings. The molecule has 2 aromatic carbocycles. The van der Waals surface area contributed by atoms with Crippen molar-refractivity contribution in [1.82, 2.24) is 20.2 Å². The summed E-state index contributed by atoms with van der Waals surface area (Å²) in [6.07, 6.45) is 0.863. The standard InChI is InChI=1S/C25H24N4O5/c1-14(23(30)29-11-21-20(26-13-27-21)10-22(29)24(31)32)28-25(33)34-12-19-17-8-4-2-6-15(17)16-7-3-5-9-18(16)19/h2-9,13-14,19,22H,10-12H2,1H3,(H,26,27)(H,28,33)(H,31,32)/t14-,22?/m0/s1. The molecule has 0 radical (unpaired) electrons. The number of carboxylic acids is 1. The van der Waals surface area contributed by atoms with Gasteiger partial charge in [-0.2, -0.15) is 0 Å². The van der Waals surface area contributed by atoms with E-state index in [1.54, 1.807) is 0 Å². The fourth-order valence-corrected chi connectivity index (χ4v) is 4.82. The second-order valence-corrected chi connectivity index (χ2v) is 8.54. The normalized spacial score (nSPS) is 17.3. The molecule has 2 amide bonds. The predicted octanol–water partition coefficient (Wildman–Crippen LogP) is 2.67. The van der Waals surface area contributed by atoms with Crippen LogP contribution in [0.25, 0.3) is 11.1 Å². The predicted molar refractivity (Wildman–Crippen MR) is 122 cm³/mol. The van der Waals surface area contributed by atoms with E-state index in [9.17, 15) is 19.5 Å². The Bertz CT molecular complexity index is 1220. The summed E-state index contributed by atoms with van der Waals surface area (Å²) < 4.78 is 5.51. The van der Waals surface area contributed by atoms with Crippen molar-refractivity contribution in [1.29, 1.82) is 0 Å². The number of amides is 2. The van der Waals surface area contributed by atoms with Crippen molar-refractivity contribution in [2.75, 3.05) is 6.61 Å². The number of hydrogen-bond donors (Lipinski definition) is 3. The number of nitrogens with zero attached hydrogens (tertiary/aromatic N) is 2. The molecule has 9 nitrogen and oxygen atoms in total. The number of nitrogens with one attached hydrogen (secondary N) is 2. The molecule has 174 valence electrons. The second kappa shape index (κ2) is 8.66. The first-order chi connectivity index (χ1) is 16.4. The number of aliphatic carboxylic acids is 1. The van der Waals surface area contributed by atoms with Gasteiger partial charge in [0.2, 0.25) is 5.91 Å². The van der Waals surface area contributed by atoms with E-state index >= 15 is 0 Å². The highest BCUT2D eigenvalue weighted by Crippen LogP contribution is 2.44. The monoisotopic (exact) mass is 460 g/mol. The van der Waals surface area contributed by atoms with E-state index in [2.05, 4.69) is 27.4 Å². The maximum atomic E-state index is 13.0. The van der Waals surface area contributed by atoms with Crippen LogP contribution in [-0.4, -0.2) is 56.6 Å². The lowest BCUT2D eigenvalue weighted by atomic mass is 9.98. The van der Waals surface area contributed by atoms with Crippen LogP contribution in [-0.2, 0) is 27.3 Å². The fraction of sp³-hybridized carbons (Fsp3) is 0.280. The number of aromatic amines is 1. The van der Waals surface area contributed by atoms with Crippen LogP contribution in [0.2, 0.25) is 0 Å². The summed E-state index contributed by atoms with van der Waals surface area (Å²) in [5.74, 6) is -1.71. The molecular formula is C25H24N4O5. The molecule has 0 spiro atoms. The van der Waals surface area contributed by atoms with Gasteiger partial charge >= 0.3 is 12.1 Å². The average molecular weight is 460 g/mol. The highest BCUT2D eigenvalue weighted by molar-refractivity contribution is 5.89. The van der Waals surface area contributed by atoms with Gasteiger partial charge in [-0.05, 0) is 29.2 Å². The van der Waals surface area contributed by atoms with Crippen LogP contribution in [0.3, 0.4) is 0 Å². The first-order valence-electron chi connectivity index (χ1n) is 11.1. The smallest absolute Gasteiger partial charge is 0.407 e. The first-order valence-corrected chi connectivity index (χ1v) is 11.1. The number of ether oxygens (including phenoxy) is 1. The molecule has 1 unspecified atom stereocenters. The van der Waals surface area contributed by atoms with Gasteiger partial charge in [-0.15, -0.1) is 0 Å². The third-order valence-electron chi connectivity index (χ3n) is 6.52. The molecule has 1 aromatic heterocycles. The van der Waals surface area contributed by atoms with Gasteiger partial charge in [0.05, 0.1) is 24.3 Å². The number of benzene rings is 2. The SMILES string of the molecule is C[C@H](NC(=O)OCC1c2ccccc2-c2ccccc21)C(=O)N1Cc2[nH]cnc2CC1C(=O)O. The van der Waals surface area contributed by atoms with Crippen LogP contribution in [0.15, 0.2) is 54.9 Å². The summed E-state index contributed by atoms with van der Waals surface area (Å²) in [4.78, 5) is 45.6. The number of carbonyl (C=O) groups excluding carboxylic acids is 2. The zero-order valence-electron chi connectivity index (χ0n) is 18.5. The average Bonchev–Trinajstić information content (AvgIpc) is 3.43. The molecule has 1 aliphatic heterocycles. The van der Waals surface area contributed by atoms with E-state index in [-0.39, 0.29) is 25.5 Å². The Morgan fingerprint density at radius 1 is 1.15 bits per heavy atom. The first kappa shape index (κ1) is 21.7. The summed E-state index contributed by atoms with van der Waals surface area (Å²) in [6.45, 7) is 1.73. The number of aromatic nitrogens is 2. The number of rotatable bonds is 5. The van der Waals surface area contributed by atoms with E-state index in [1.807, 2.05) is 36.4 Å². The number of alkyl carbamates (subject to hydrolysis) is 1. The van der Waals surface area contributed by atoms with E-state index in [1.165, 1.54) is 18.2 Å². The van der Waals surface area contributed by atoms with Crippen molar-refractivity contribution in [3.05, 3.63) is 77.4 Å². The van der Waals surface area contributed by atoms with Crippen LogP contribution in [0.5, 0.6) is 0 Å². The number of fused-ring (bicyclic) bond motifs is 4. The number of carbonyl (C=O) groups is 3. The van der Waals surface area contributed by atoms with Gasteiger partial charge < -0.3 is 25.0 Å². The van der Waals surface area contributed by atoms with Gasteiger partial charge in [0, 0.05) is 12.3 Å². The Kier molecular flexibility index (Phi) is 5.53. The molecule has 5 rings (SSSR count). The zero-order valence-corrected chi connectivity index (χ0v) is 18.5. The minimum atomic E-state index is -1.12. The highest BCUT2D eigenvalue weighted by atomic mass is 16.5. The van der Waals surface area contributed by atoms with Crippen LogP contribution in [0.1, 0.15) is 35.4 Å². The van der Waals surface area contributed by atoms with E-state index in [0.717, 1.165) is 22.3 Å². The Labute approximate surface area is 195 Å². The van der Waals surface area contributed by atoms with E-state index < -0.39 is 30.1 Å². The van der Waals surface area contributed by atoms with Gasteiger partial charge in [0.15, 0.2) is 0 Å². The second-order valence-electron chi connectivity index (χ2n) is 8.54. The number of imidazole rings is 1. The van der Waals surface area contributed by atoms with Crippen molar-refractivity contribution in [3.8, 4) is 11.1 Å². The van der Waals surface area contributed by atoms with Gasteiger partial charge in [0.25, 0.3) is 0 Å². The topological polar surface area (TPSA) is 125 Å². The number of carboxylic acid groups (broad SMARTS) is 1. The fourth-order valence-electron chi connectivity index (χ4n) is 4.82. The third-order valence-corrected chi connectivity index (χ3v) is 6.52. The lowest BCUT2D eigenvalue weighted by Crippen LogP contribution is -2.55. The summed E-state index contributed by atoms with van der Waals surface area (Å²) in [5.41, 5.74) is 5.76. The van der Waals surface area contributed by atoms with Crippen molar-refractivity contribution >= 4 is 18.0 Å². The molecule has 3 N–H and O–H groups in total. The minimum absolute atomic E-state index is 0.0852. The Morgan fingerprint density at radius 3 is 2.44 bits per heavy atom. The largest absolute Gasteiger partial charge is 0.480 e. The molecule has 2 atom stereocenters. The number of hydrogen-bond acceptors (Lipinski definition) is 5. The lowest BCUT2D eigenvalue weighted by Gasteiger charge is -2.34. The van der Waals surface area contributed by atoms with Gasteiger partial charge in [0.1, 0.15) is 18.7 Å². The molecule has 1 aliphatic carbocycles. The summed E-state index contributed by atoms with van der Waals surface area (Å²) >= 11 is 0. The molecule has 2 heterocycles. The molecule has 9 heteroatoms. The highest BCUT2D eigenvalue weighted by Gasteiger charge is 2.38. The molecule has 3 aromatic rings. The molecule has 2 aliphatic rings. The molecule has 0 saturated heterocycles. The van der Waals surface area contributed by atoms with Gasteiger partial charge in [-0.1, -0.05) is 48.5 Å². The lowest BCUT2D eigenvalue weighted by molar-refractivity contribution is -0.152. The summed E-state index contributed by atoms with van der Waals surface area (Å²) in [6, 6.07) is 14.0. The van der Waals surface area contributed by atoms with Crippen LogP contribution < -0.4 is 5.32 Å². The number of H-pyrrole nitrogens is 1. The molecule has 0 saturated carbocycles.